The first-order valence-corrected chi connectivity index (χ1v) is 9.69. The number of fused-ring (bicyclic) bond motifs is 1. The highest BCUT2D eigenvalue weighted by Gasteiger charge is 2.06. The Bertz CT molecular complexity index is 1110. The van der Waals surface area contributed by atoms with Crippen LogP contribution in [0.15, 0.2) is 60.0 Å². The zero-order chi connectivity index (χ0) is 20.1. The third-order valence-electron chi connectivity index (χ3n) is 5.00. The number of rotatable bonds is 6. The molecular formula is C22H25N7. The number of hydrogen-bond donors (Lipinski definition) is 4. The lowest BCUT2D eigenvalue weighted by molar-refractivity contribution is 0.796. The number of guanidine groups is 1. The number of nitrogens with zero attached hydrogens (tertiary/aromatic N) is 3. The normalized spacial score (nSPS) is 11.7. The molecule has 4 rings (SSSR count). The molecule has 0 unspecified atom stereocenters. The highest BCUT2D eigenvalue weighted by atomic mass is 15.2. The van der Waals surface area contributed by atoms with Gasteiger partial charge in [0.25, 0.3) is 0 Å². The van der Waals surface area contributed by atoms with Crippen molar-refractivity contribution in [1.82, 2.24) is 30.8 Å². The van der Waals surface area contributed by atoms with Crippen LogP contribution in [0.2, 0.25) is 0 Å². The Morgan fingerprint density at radius 3 is 2.86 bits per heavy atom. The largest absolute Gasteiger partial charge is 0.361 e. The first kappa shape index (κ1) is 18.7. The minimum absolute atomic E-state index is 0.675. The number of para-hydroxylation sites is 1. The van der Waals surface area contributed by atoms with Crippen molar-refractivity contribution in [3.8, 4) is 11.4 Å². The van der Waals surface area contributed by atoms with Gasteiger partial charge in [0.15, 0.2) is 11.8 Å². The van der Waals surface area contributed by atoms with Crippen LogP contribution >= 0.6 is 0 Å². The van der Waals surface area contributed by atoms with Gasteiger partial charge in [-0.1, -0.05) is 36.4 Å². The number of H-pyrrole nitrogens is 2. The van der Waals surface area contributed by atoms with Crippen molar-refractivity contribution in [2.45, 2.75) is 19.9 Å². The zero-order valence-corrected chi connectivity index (χ0v) is 16.7. The lowest BCUT2D eigenvalue weighted by Crippen LogP contribution is -2.37. The molecule has 29 heavy (non-hydrogen) atoms. The third-order valence-corrected chi connectivity index (χ3v) is 5.00. The molecule has 7 nitrogen and oxygen atoms in total. The Balaban J connectivity index is 1.32. The minimum atomic E-state index is 0.675. The number of aryl methyl sites for hydroxylation is 1. The van der Waals surface area contributed by atoms with Crippen LogP contribution in [0.25, 0.3) is 22.3 Å². The van der Waals surface area contributed by atoms with E-state index in [-0.39, 0.29) is 0 Å². The molecule has 0 spiro atoms. The first-order valence-electron chi connectivity index (χ1n) is 9.69. The summed E-state index contributed by atoms with van der Waals surface area (Å²) in [6, 6.07) is 14.6. The van der Waals surface area contributed by atoms with Gasteiger partial charge in [0, 0.05) is 42.8 Å². The summed E-state index contributed by atoms with van der Waals surface area (Å²) in [5, 5.41) is 14.9. The van der Waals surface area contributed by atoms with Crippen LogP contribution in [-0.2, 0) is 13.0 Å². The molecule has 7 heteroatoms. The lowest BCUT2D eigenvalue weighted by Gasteiger charge is -2.12. The number of benzene rings is 2. The van der Waals surface area contributed by atoms with Crippen LogP contribution in [0.4, 0.5) is 0 Å². The average molecular weight is 387 g/mol. The molecule has 0 aliphatic heterocycles. The topological polar surface area (TPSA) is 93.8 Å². The quantitative estimate of drug-likeness (QED) is 0.302. The fourth-order valence-corrected chi connectivity index (χ4v) is 3.47. The molecule has 2 aromatic heterocycles. The van der Waals surface area contributed by atoms with Crippen LogP contribution in [0.1, 0.15) is 16.7 Å². The van der Waals surface area contributed by atoms with E-state index in [9.17, 15) is 0 Å². The van der Waals surface area contributed by atoms with Crippen LogP contribution in [0.5, 0.6) is 0 Å². The van der Waals surface area contributed by atoms with Crippen molar-refractivity contribution in [2.75, 3.05) is 13.6 Å². The Morgan fingerprint density at radius 1 is 1.14 bits per heavy atom. The fraction of sp³-hybridized carbons (Fsp3) is 0.227. The van der Waals surface area contributed by atoms with E-state index in [0.29, 0.717) is 6.54 Å². The van der Waals surface area contributed by atoms with Crippen molar-refractivity contribution in [3.63, 3.8) is 0 Å². The zero-order valence-electron chi connectivity index (χ0n) is 16.7. The summed E-state index contributed by atoms with van der Waals surface area (Å²) < 4.78 is 0. The van der Waals surface area contributed by atoms with Gasteiger partial charge in [-0.3, -0.25) is 10.1 Å². The van der Waals surface area contributed by atoms with Crippen LogP contribution in [0.3, 0.4) is 0 Å². The predicted octanol–water partition coefficient (Wildman–Crippen LogP) is 3.17. The van der Waals surface area contributed by atoms with E-state index in [1.165, 1.54) is 28.4 Å². The number of aliphatic imine (C=N–C) groups is 1. The summed E-state index contributed by atoms with van der Waals surface area (Å²) in [6.07, 6.45) is 4.54. The molecule has 0 amide bonds. The van der Waals surface area contributed by atoms with E-state index in [4.69, 9.17) is 0 Å². The van der Waals surface area contributed by atoms with Crippen molar-refractivity contribution >= 4 is 16.9 Å². The monoisotopic (exact) mass is 387 g/mol. The van der Waals surface area contributed by atoms with Gasteiger partial charge in [0.2, 0.25) is 0 Å². The Labute approximate surface area is 169 Å². The molecule has 0 aliphatic carbocycles. The Hall–Kier alpha value is -3.61. The van der Waals surface area contributed by atoms with E-state index >= 15 is 0 Å². The average Bonchev–Trinajstić information content (AvgIpc) is 3.42. The summed E-state index contributed by atoms with van der Waals surface area (Å²) in [4.78, 5) is 11.9. The second-order valence-corrected chi connectivity index (χ2v) is 6.95. The molecule has 4 aromatic rings. The number of aromatic nitrogens is 4. The van der Waals surface area contributed by atoms with Gasteiger partial charge in [0.05, 0.1) is 0 Å². The van der Waals surface area contributed by atoms with Gasteiger partial charge < -0.3 is 15.6 Å². The molecule has 0 atom stereocenters. The number of aromatic amines is 2. The molecule has 0 saturated carbocycles. The molecule has 4 N–H and O–H groups in total. The maximum atomic E-state index is 4.33. The van der Waals surface area contributed by atoms with Crippen molar-refractivity contribution in [2.24, 2.45) is 4.99 Å². The van der Waals surface area contributed by atoms with Crippen LogP contribution in [0, 0.1) is 6.92 Å². The molecular weight excluding hydrogens is 362 g/mol. The summed E-state index contributed by atoms with van der Waals surface area (Å²) in [5.74, 6) is 1.55. The van der Waals surface area contributed by atoms with E-state index < -0.39 is 0 Å². The maximum absolute atomic E-state index is 4.33. The SMILES string of the molecule is CN=C(NCCc1c[nH]c2c(C)cccc12)NCc1cccc(-c2ncn[nH]2)c1. The molecule has 0 bridgehead atoms. The molecule has 0 fully saturated rings. The summed E-state index contributed by atoms with van der Waals surface area (Å²) >= 11 is 0. The predicted molar refractivity (Wildman–Crippen MR) is 117 cm³/mol. The molecule has 0 saturated heterocycles. The highest BCUT2D eigenvalue weighted by Crippen LogP contribution is 2.21. The summed E-state index contributed by atoms with van der Waals surface area (Å²) in [5.41, 5.74) is 5.96. The Kier molecular flexibility index (Phi) is 5.56. The fourth-order valence-electron chi connectivity index (χ4n) is 3.47. The Morgan fingerprint density at radius 2 is 2.03 bits per heavy atom. The molecule has 2 heterocycles. The number of nitrogens with one attached hydrogen (secondary N) is 4. The van der Waals surface area contributed by atoms with Gasteiger partial charge >= 0.3 is 0 Å². The van der Waals surface area contributed by atoms with E-state index in [2.05, 4.69) is 79.2 Å². The van der Waals surface area contributed by atoms with Crippen molar-refractivity contribution in [3.05, 3.63) is 71.7 Å². The van der Waals surface area contributed by atoms with Gasteiger partial charge in [-0.25, -0.2) is 4.98 Å². The van der Waals surface area contributed by atoms with Crippen LogP contribution < -0.4 is 10.6 Å². The standard InChI is InChI=1S/C22H25N7/c1-15-5-3-8-19-18(13-25-20(15)19)9-10-24-22(23-2)26-12-16-6-4-7-17(11-16)21-27-14-28-29-21/h3-8,11,13-14,25H,9-10,12H2,1-2H3,(H2,23,24,26)(H,27,28,29). The highest BCUT2D eigenvalue weighted by molar-refractivity contribution is 5.86. The minimum Gasteiger partial charge on any atom is -0.361 e. The molecule has 2 aromatic carbocycles. The van der Waals surface area contributed by atoms with Gasteiger partial charge in [-0.15, -0.1) is 0 Å². The van der Waals surface area contributed by atoms with Gasteiger partial charge in [0.1, 0.15) is 6.33 Å². The second kappa shape index (κ2) is 8.60. The van der Waals surface area contributed by atoms with E-state index in [1.807, 2.05) is 12.1 Å². The molecule has 148 valence electrons. The summed E-state index contributed by atoms with van der Waals surface area (Å²) in [7, 11) is 1.79. The second-order valence-electron chi connectivity index (χ2n) is 6.95. The molecule has 0 radical (unpaired) electrons. The van der Waals surface area contributed by atoms with Gasteiger partial charge in [-0.05, 0) is 36.1 Å². The molecule has 0 aliphatic rings. The first-order chi connectivity index (χ1) is 14.2. The van der Waals surface area contributed by atoms with Crippen molar-refractivity contribution in [1.29, 1.82) is 0 Å². The van der Waals surface area contributed by atoms with Crippen LogP contribution in [-0.4, -0.2) is 39.7 Å². The van der Waals surface area contributed by atoms with Gasteiger partial charge in [-0.2, -0.15) is 5.10 Å². The number of hydrogen-bond acceptors (Lipinski definition) is 3. The van der Waals surface area contributed by atoms with E-state index in [1.54, 1.807) is 7.05 Å². The van der Waals surface area contributed by atoms with E-state index in [0.717, 1.165) is 35.9 Å². The summed E-state index contributed by atoms with van der Waals surface area (Å²) in [6.45, 7) is 3.61. The lowest BCUT2D eigenvalue weighted by atomic mass is 10.1. The third kappa shape index (κ3) is 4.29. The van der Waals surface area contributed by atoms with Crippen molar-refractivity contribution < 1.29 is 0 Å². The smallest absolute Gasteiger partial charge is 0.191 e. The maximum Gasteiger partial charge on any atom is 0.191 e.